The molecule has 0 bridgehead atoms. The van der Waals surface area contributed by atoms with E-state index in [0.29, 0.717) is 18.7 Å². The van der Waals surface area contributed by atoms with Crippen molar-refractivity contribution in [2.75, 3.05) is 13.1 Å². The molecule has 7 heteroatoms. The molecule has 1 unspecified atom stereocenters. The van der Waals surface area contributed by atoms with Crippen LogP contribution in [0.2, 0.25) is 0 Å². The first-order valence-corrected chi connectivity index (χ1v) is 8.77. The van der Waals surface area contributed by atoms with Crippen LogP contribution in [0.4, 0.5) is 0 Å². The van der Waals surface area contributed by atoms with Crippen LogP contribution in [0.3, 0.4) is 0 Å². The molecule has 1 aliphatic carbocycles. The zero-order chi connectivity index (χ0) is 17.8. The Morgan fingerprint density at radius 3 is 2.60 bits per heavy atom. The summed E-state index contributed by atoms with van der Waals surface area (Å²) in [7, 11) is 0. The summed E-state index contributed by atoms with van der Waals surface area (Å²) in [5.41, 5.74) is 1.28. The maximum absolute atomic E-state index is 12.8. The van der Waals surface area contributed by atoms with Gasteiger partial charge < -0.3 is 10.0 Å². The highest BCUT2D eigenvalue weighted by molar-refractivity contribution is 5.97. The molecule has 1 saturated heterocycles. The molecule has 3 heterocycles. The average Bonchev–Trinajstić information content (AvgIpc) is 3.12. The Bertz CT molecular complexity index is 849. The molecule has 25 heavy (non-hydrogen) atoms. The zero-order valence-corrected chi connectivity index (χ0v) is 14.5. The number of fused-ring (bicyclic) bond motifs is 1. The number of hydrogen-bond donors (Lipinski definition) is 1. The topological polar surface area (TPSA) is 88.3 Å². The summed E-state index contributed by atoms with van der Waals surface area (Å²) in [6.07, 6.45) is 5.67. The number of carbonyl (C=O) groups excluding carboxylic acids is 1. The Kier molecular flexibility index (Phi) is 3.56. The first kappa shape index (κ1) is 16.1. The first-order valence-electron chi connectivity index (χ1n) is 8.77. The molecule has 1 atom stereocenters. The summed E-state index contributed by atoms with van der Waals surface area (Å²) in [5, 5.41) is 14.4. The Hall–Kier alpha value is -2.44. The van der Waals surface area contributed by atoms with Gasteiger partial charge in [0.1, 0.15) is 0 Å². The minimum Gasteiger partial charge on any atom is -0.481 e. The molecule has 0 radical (unpaired) electrons. The Morgan fingerprint density at radius 1 is 1.28 bits per heavy atom. The number of nitrogens with zero attached hydrogens (tertiary/aromatic N) is 4. The second kappa shape index (κ2) is 5.54. The van der Waals surface area contributed by atoms with Gasteiger partial charge in [0.25, 0.3) is 5.91 Å². The highest BCUT2D eigenvalue weighted by Gasteiger charge is 2.59. The molecule has 1 aliphatic heterocycles. The van der Waals surface area contributed by atoms with Crippen LogP contribution in [0.1, 0.15) is 49.5 Å². The van der Waals surface area contributed by atoms with Crippen LogP contribution in [0.15, 0.2) is 18.5 Å². The van der Waals surface area contributed by atoms with E-state index in [1.54, 1.807) is 12.4 Å². The summed E-state index contributed by atoms with van der Waals surface area (Å²) in [4.78, 5) is 30.2. The van der Waals surface area contributed by atoms with Crippen molar-refractivity contribution in [1.29, 1.82) is 0 Å². The van der Waals surface area contributed by atoms with Gasteiger partial charge in [-0.3, -0.25) is 9.59 Å². The second-order valence-electron chi connectivity index (χ2n) is 7.57. The lowest BCUT2D eigenvalue weighted by Gasteiger charge is -2.32. The van der Waals surface area contributed by atoms with Crippen LogP contribution in [0, 0.1) is 11.3 Å². The van der Waals surface area contributed by atoms with Crippen molar-refractivity contribution in [3.63, 3.8) is 0 Å². The summed E-state index contributed by atoms with van der Waals surface area (Å²) in [6, 6.07) is 2.06. The molecule has 2 aromatic rings. The maximum Gasteiger partial charge on any atom is 0.307 e. The summed E-state index contributed by atoms with van der Waals surface area (Å²) >= 11 is 0. The van der Waals surface area contributed by atoms with Crippen LogP contribution < -0.4 is 0 Å². The number of hydrogen-bond acceptors (Lipinski definition) is 4. The minimum absolute atomic E-state index is 0.0333. The van der Waals surface area contributed by atoms with E-state index in [-0.39, 0.29) is 23.3 Å². The third-order valence-corrected chi connectivity index (χ3v) is 5.70. The minimum atomic E-state index is -0.698. The molecule has 1 amide bonds. The van der Waals surface area contributed by atoms with Crippen molar-refractivity contribution in [1.82, 2.24) is 19.7 Å². The quantitative estimate of drug-likeness (QED) is 0.925. The monoisotopic (exact) mass is 342 g/mol. The Labute approximate surface area is 145 Å². The normalized spacial score (nSPS) is 21.9. The van der Waals surface area contributed by atoms with Gasteiger partial charge >= 0.3 is 5.97 Å². The number of carboxylic acid groups (broad SMARTS) is 1. The summed E-state index contributed by atoms with van der Waals surface area (Å²) in [6.45, 7) is 5.32. The number of rotatable bonds is 3. The van der Waals surface area contributed by atoms with Crippen LogP contribution in [0.5, 0.6) is 0 Å². The Balaban J connectivity index is 1.49. The van der Waals surface area contributed by atoms with Gasteiger partial charge in [-0.05, 0) is 44.6 Å². The van der Waals surface area contributed by atoms with Crippen LogP contribution in [0.25, 0.3) is 11.0 Å². The molecule has 0 aromatic carbocycles. The zero-order valence-electron chi connectivity index (χ0n) is 14.5. The number of carbonyl (C=O) groups is 2. The van der Waals surface area contributed by atoms with Crippen LogP contribution in [-0.2, 0) is 4.79 Å². The average molecular weight is 342 g/mol. The molecule has 2 fully saturated rings. The van der Waals surface area contributed by atoms with Gasteiger partial charge in [-0.25, -0.2) is 9.67 Å². The molecule has 1 saturated carbocycles. The molecule has 2 aromatic heterocycles. The molecule has 132 valence electrons. The van der Waals surface area contributed by atoms with Gasteiger partial charge in [0.05, 0.1) is 17.7 Å². The third kappa shape index (κ3) is 2.58. The third-order valence-electron chi connectivity index (χ3n) is 5.70. The SMILES string of the molecule is CC(C)n1ncc2cc(C(=O)N3CCC4(CC3)CC4C(=O)O)cnc21. The standard InChI is InChI=1S/C18H22N4O3/c1-11(2)22-15-12(10-20-22)7-13(9-19-15)16(23)21-5-3-18(4-6-21)8-14(18)17(24)25/h7,9-11,14H,3-6,8H2,1-2H3,(H,24,25). The molecule has 1 spiro atoms. The lowest BCUT2D eigenvalue weighted by atomic mass is 9.90. The van der Waals surface area contributed by atoms with E-state index < -0.39 is 5.97 Å². The highest BCUT2D eigenvalue weighted by Crippen LogP contribution is 2.59. The van der Waals surface area contributed by atoms with Crippen molar-refractivity contribution in [2.45, 2.75) is 39.2 Å². The number of pyridine rings is 1. The predicted octanol–water partition coefficient (Wildman–Crippen LogP) is 2.34. The van der Waals surface area contributed by atoms with Gasteiger partial charge in [-0.1, -0.05) is 0 Å². The van der Waals surface area contributed by atoms with E-state index in [1.165, 1.54) is 0 Å². The van der Waals surface area contributed by atoms with E-state index in [4.69, 9.17) is 5.11 Å². The molecule has 7 nitrogen and oxygen atoms in total. The predicted molar refractivity (Wildman–Crippen MR) is 91.2 cm³/mol. The molecular formula is C18H22N4O3. The van der Waals surface area contributed by atoms with Crippen molar-refractivity contribution in [2.24, 2.45) is 11.3 Å². The van der Waals surface area contributed by atoms with E-state index >= 15 is 0 Å². The number of piperidine rings is 1. The molecule has 4 rings (SSSR count). The molecule has 2 aliphatic rings. The number of likely N-dealkylation sites (tertiary alicyclic amines) is 1. The molecule has 1 N–H and O–H groups in total. The fourth-order valence-corrected chi connectivity index (χ4v) is 4.02. The fourth-order valence-electron chi connectivity index (χ4n) is 4.02. The van der Waals surface area contributed by atoms with Crippen molar-refractivity contribution < 1.29 is 14.7 Å². The number of carboxylic acids is 1. The van der Waals surface area contributed by atoms with Crippen molar-refractivity contribution >= 4 is 22.9 Å². The van der Waals surface area contributed by atoms with Gasteiger partial charge in [0.15, 0.2) is 5.65 Å². The smallest absolute Gasteiger partial charge is 0.307 e. The van der Waals surface area contributed by atoms with Gasteiger partial charge in [0, 0.05) is 30.7 Å². The Morgan fingerprint density at radius 2 is 2.00 bits per heavy atom. The lowest BCUT2D eigenvalue weighted by Crippen LogP contribution is -2.40. The maximum atomic E-state index is 12.8. The van der Waals surface area contributed by atoms with Crippen molar-refractivity contribution in [3.8, 4) is 0 Å². The fraction of sp³-hybridized carbons (Fsp3) is 0.556. The van der Waals surface area contributed by atoms with Gasteiger partial charge in [-0.2, -0.15) is 5.10 Å². The van der Waals surface area contributed by atoms with Crippen molar-refractivity contribution in [3.05, 3.63) is 24.0 Å². The lowest BCUT2D eigenvalue weighted by molar-refractivity contribution is -0.139. The van der Waals surface area contributed by atoms with E-state index in [1.807, 2.05) is 29.5 Å². The highest BCUT2D eigenvalue weighted by atomic mass is 16.4. The summed E-state index contributed by atoms with van der Waals surface area (Å²) < 4.78 is 1.84. The van der Waals surface area contributed by atoms with E-state index in [9.17, 15) is 9.59 Å². The van der Waals surface area contributed by atoms with E-state index in [2.05, 4.69) is 10.1 Å². The van der Waals surface area contributed by atoms with E-state index in [0.717, 1.165) is 30.3 Å². The largest absolute Gasteiger partial charge is 0.481 e. The number of aromatic nitrogens is 3. The first-order chi connectivity index (χ1) is 11.9. The molecular weight excluding hydrogens is 320 g/mol. The van der Waals surface area contributed by atoms with Crippen LogP contribution >= 0.6 is 0 Å². The van der Waals surface area contributed by atoms with Gasteiger partial charge in [0.2, 0.25) is 0 Å². The second-order valence-corrected chi connectivity index (χ2v) is 7.57. The van der Waals surface area contributed by atoms with Crippen LogP contribution in [-0.4, -0.2) is 49.7 Å². The summed E-state index contributed by atoms with van der Waals surface area (Å²) in [5.74, 6) is -0.949. The number of amides is 1. The van der Waals surface area contributed by atoms with Gasteiger partial charge in [-0.15, -0.1) is 0 Å². The number of aliphatic carboxylic acids is 1.